The van der Waals surface area contributed by atoms with Crippen LogP contribution in [0.15, 0.2) is 52.2 Å². The number of aromatic nitrogens is 6. The van der Waals surface area contributed by atoms with Gasteiger partial charge in [0.2, 0.25) is 5.71 Å². The van der Waals surface area contributed by atoms with E-state index >= 15 is 0 Å². The lowest BCUT2D eigenvalue weighted by Crippen LogP contribution is -2.27. The second-order valence-electron chi connectivity index (χ2n) is 9.11. The second-order valence-corrected chi connectivity index (χ2v) is 9.11. The summed E-state index contributed by atoms with van der Waals surface area (Å²) in [5.74, 6) is 0.725. The number of fused-ring (bicyclic) bond motifs is 3. The third-order valence-corrected chi connectivity index (χ3v) is 6.72. The zero-order valence-corrected chi connectivity index (χ0v) is 20.3. The molecule has 36 heavy (non-hydrogen) atoms. The molecular weight excluding hydrogens is 458 g/mol. The Kier molecular flexibility index (Phi) is 5.73. The molecular formula is C26H27N7O3. The average molecular weight is 486 g/mol. The molecule has 0 aromatic carbocycles. The number of pyridine rings is 2. The number of rotatable bonds is 6. The smallest absolute Gasteiger partial charge is 0.348 e. The van der Waals surface area contributed by atoms with Crippen molar-refractivity contribution >= 4 is 28.0 Å². The largest absolute Gasteiger partial charge is 0.434 e. The first kappa shape index (κ1) is 22.4. The predicted octanol–water partition coefficient (Wildman–Crippen LogP) is 4.00. The van der Waals surface area contributed by atoms with Gasteiger partial charge in [-0.1, -0.05) is 0 Å². The van der Waals surface area contributed by atoms with E-state index in [1.807, 2.05) is 31.4 Å². The maximum absolute atomic E-state index is 13.4. The number of anilines is 1. The minimum Gasteiger partial charge on any atom is -0.434 e. The predicted molar refractivity (Wildman–Crippen MR) is 137 cm³/mol. The summed E-state index contributed by atoms with van der Waals surface area (Å²) in [6.45, 7) is 1.25. The van der Waals surface area contributed by atoms with Gasteiger partial charge in [0.05, 0.1) is 17.7 Å². The van der Waals surface area contributed by atoms with Crippen LogP contribution in [0.25, 0.3) is 44.6 Å². The van der Waals surface area contributed by atoms with Gasteiger partial charge in [-0.25, -0.2) is 14.8 Å². The summed E-state index contributed by atoms with van der Waals surface area (Å²) in [6.07, 6.45) is 11.3. The van der Waals surface area contributed by atoms with Gasteiger partial charge in [0.25, 0.3) is 0 Å². The maximum Gasteiger partial charge on any atom is 0.348 e. The Balaban J connectivity index is 1.54. The molecule has 1 fully saturated rings. The summed E-state index contributed by atoms with van der Waals surface area (Å²) in [7, 11) is 3.68. The van der Waals surface area contributed by atoms with Gasteiger partial charge in [-0.05, 0) is 43.9 Å². The number of nitrogens with one attached hydrogen (secondary N) is 1. The topological polar surface area (TPSA) is 113 Å². The van der Waals surface area contributed by atoms with Crippen LogP contribution in [0, 0.1) is 0 Å². The number of nitrogens with zero attached hydrogens (tertiary/aromatic N) is 6. The third kappa shape index (κ3) is 4.03. The molecule has 1 aliphatic rings. The highest BCUT2D eigenvalue weighted by atomic mass is 16.5. The summed E-state index contributed by atoms with van der Waals surface area (Å²) in [4.78, 5) is 26.9. The van der Waals surface area contributed by atoms with Crippen LogP contribution in [0.5, 0.6) is 0 Å². The van der Waals surface area contributed by atoms with E-state index in [1.54, 1.807) is 34.9 Å². The molecule has 1 atom stereocenters. The molecule has 0 aliphatic carbocycles. The van der Waals surface area contributed by atoms with E-state index in [0.717, 1.165) is 54.6 Å². The highest BCUT2D eigenvalue weighted by Crippen LogP contribution is 2.35. The quantitative estimate of drug-likeness (QED) is 0.384. The van der Waals surface area contributed by atoms with Crippen LogP contribution in [0.4, 0.5) is 5.82 Å². The number of aryl methyl sites for hydroxylation is 2. The molecule has 184 valence electrons. The van der Waals surface area contributed by atoms with Gasteiger partial charge in [0.15, 0.2) is 5.58 Å². The average Bonchev–Trinajstić information content (AvgIpc) is 3.52. The lowest BCUT2D eigenvalue weighted by molar-refractivity contribution is 0.00881. The van der Waals surface area contributed by atoms with Gasteiger partial charge in [0, 0.05) is 62.5 Å². The van der Waals surface area contributed by atoms with E-state index in [-0.39, 0.29) is 11.8 Å². The molecule has 1 saturated heterocycles. The Labute approximate surface area is 207 Å². The molecule has 0 amide bonds. The minimum absolute atomic E-state index is 0.140. The van der Waals surface area contributed by atoms with E-state index in [9.17, 15) is 4.79 Å². The summed E-state index contributed by atoms with van der Waals surface area (Å²) in [5, 5.41) is 8.05. The fourth-order valence-electron chi connectivity index (χ4n) is 4.82. The Morgan fingerprint density at radius 2 is 2.00 bits per heavy atom. The lowest BCUT2D eigenvalue weighted by Gasteiger charge is -2.22. The fraction of sp³-hybridized carbons (Fsp3) is 0.346. The van der Waals surface area contributed by atoms with Crippen molar-refractivity contribution < 1.29 is 9.15 Å². The van der Waals surface area contributed by atoms with Crippen molar-refractivity contribution in [2.75, 3.05) is 19.0 Å². The highest BCUT2D eigenvalue weighted by Gasteiger charge is 2.22. The maximum atomic E-state index is 13.4. The van der Waals surface area contributed by atoms with Crippen LogP contribution in [0.3, 0.4) is 0 Å². The van der Waals surface area contributed by atoms with Gasteiger partial charge < -0.3 is 14.5 Å². The van der Waals surface area contributed by atoms with Crippen molar-refractivity contribution in [3.8, 4) is 22.4 Å². The molecule has 5 aromatic rings. The van der Waals surface area contributed by atoms with Crippen LogP contribution in [0.1, 0.15) is 25.7 Å². The molecule has 0 bridgehead atoms. The Hall–Kier alpha value is -4.05. The van der Waals surface area contributed by atoms with Crippen molar-refractivity contribution in [3.05, 3.63) is 53.5 Å². The molecule has 6 rings (SSSR count). The van der Waals surface area contributed by atoms with E-state index < -0.39 is 0 Å². The molecule has 1 N–H and O–H groups in total. The van der Waals surface area contributed by atoms with Gasteiger partial charge in [-0.2, -0.15) is 10.1 Å². The van der Waals surface area contributed by atoms with Crippen molar-refractivity contribution in [1.29, 1.82) is 0 Å². The van der Waals surface area contributed by atoms with Crippen molar-refractivity contribution in [3.63, 3.8) is 0 Å². The van der Waals surface area contributed by atoms with Crippen LogP contribution in [-0.4, -0.2) is 49.1 Å². The monoisotopic (exact) mass is 485 g/mol. The summed E-state index contributed by atoms with van der Waals surface area (Å²) >= 11 is 0. The van der Waals surface area contributed by atoms with E-state index in [4.69, 9.17) is 9.15 Å². The first-order valence-corrected chi connectivity index (χ1v) is 12.2. The van der Waals surface area contributed by atoms with Crippen molar-refractivity contribution in [1.82, 2.24) is 29.3 Å². The molecule has 10 heteroatoms. The van der Waals surface area contributed by atoms with Crippen LogP contribution >= 0.6 is 0 Å². The lowest BCUT2D eigenvalue weighted by atomic mass is 10.1. The van der Waals surface area contributed by atoms with Crippen LogP contribution < -0.4 is 11.0 Å². The van der Waals surface area contributed by atoms with Gasteiger partial charge in [-0.15, -0.1) is 0 Å². The second kappa shape index (κ2) is 9.19. The zero-order valence-electron chi connectivity index (χ0n) is 20.3. The number of hydrogen-bond acceptors (Lipinski definition) is 8. The molecule has 1 unspecified atom stereocenters. The van der Waals surface area contributed by atoms with E-state index in [0.29, 0.717) is 34.6 Å². The molecule has 0 radical (unpaired) electrons. The van der Waals surface area contributed by atoms with Crippen LogP contribution in [-0.2, 0) is 18.3 Å². The van der Waals surface area contributed by atoms with Gasteiger partial charge in [0.1, 0.15) is 17.0 Å². The molecule has 1 aliphatic heterocycles. The summed E-state index contributed by atoms with van der Waals surface area (Å²) < 4.78 is 15.6. The fourth-order valence-corrected chi connectivity index (χ4v) is 4.82. The molecule has 0 saturated carbocycles. The zero-order chi connectivity index (χ0) is 24.6. The Morgan fingerprint density at radius 3 is 2.72 bits per heavy atom. The molecule has 0 spiro atoms. The van der Waals surface area contributed by atoms with Crippen molar-refractivity contribution in [2.45, 2.75) is 38.3 Å². The summed E-state index contributed by atoms with van der Waals surface area (Å²) in [5.41, 5.74) is 4.31. The van der Waals surface area contributed by atoms with Crippen LogP contribution in [0.2, 0.25) is 0 Å². The molecule has 5 aromatic heterocycles. The van der Waals surface area contributed by atoms with Gasteiger partial charge in [-0.3, -0.25) is 9.25 Å². The summed E-state index contributed by atoms with van der Waals surface area (Å²) in [6, 6.07) is 5.72. The minimum atomic E-state index is -0.333. The highest BCUT2D eigenvalue weighted by molar-refractivity contribution is 6.06. The standard InChI is InChI=1S/C26H27N7O3/c1-27-21-7-6-16(12-28-21)22-24-23(33(26(34)31-22)9-8-19-5-3-4-10-35-19)20-11-17(13-29-25(20)36-24)18-14-30-32(2)15-18/h6-7,11-15,19H,3-5,8-10H2,1-2H3,(H,27,28). The first-order valence-electron chi connectivity index (χ1n) is 12.2. The SMILES string of the molecule is CNc1ccc(-c2nc(=O)n(CCC3CCCCO3)c3c2oc2ncc(-c4cnn(C)c4)cc23)cn1. The van der Waals surface area contributed by atoms with E-state index in [1.165, 1.54) is 0 Å². The molecule has 10 nitrogen and oxygen atoms in total. The first-order chi connectivity index (χ1) is 17.6. The van der Waals surface area contributed by atoms with Gasteiger partial charge >= 0.3 is 5.69 Å². The van der Waals surface area contributed by atoms with E-state index in [2.05, 4.69) is 25.4 Å². The number of ether oxygens (including phenoxy) is 1. The Bertz CT molecular complexity index is 1590. The number of hydrogen-bond donors (Lipinski definition) is 1. The normalized spacial score (nSPS) is 16.1. The Morgan fingerprint density at radius 1 is 1.11 bits per heavy atom. The molecule has 6 heterocycles. The van der Waals surface area contributed by atoms with Crippen molar-refractivity contribution in [2.24, 2.45) is 7.05 Å². The number of furan rings is 1. The third-order valence-electron chi connectivity index (χ3n) is 6.72.